The van der Waals surface area contributed by atoms with Gasteiger partial charge >= 0.3 is 0 Å². The molecule has 7 heteroatoms. The van der Waals surface area contributed by atoms with Gasteiger partial charge in [-0.3, -0.25) is 9.40 Å². The highest BCUT2D eigenvalue weighted by atomic mass is 35.5. The van der Waals surface area contributed by atoms with Crippen LogP contribution in [0, 0.1) is 6.92 Å². The topological polar surface area (TPSA) is 64.0 Å². The van der Waals surface area contributed by atoms with Crippen molar-refractivity contribution in [1.29, 1.82) is 0 Å². The second-order valence-corrected chi connectivity index (χ2v) is 7.50. The molecular weight excluding hydrogens is 346 g/mol. The molecule has 2 aromatic carbocycles. The maximum absolute atomic E-state index is 12.3. The lowest BCUT2D eigenvalue weighted by atomic mass is 10.1. The van der Waals surface area contributed by atoms with Crippen molar-refractivity contribution in [1.82, 2.24) is 9.78 Å². The molecule has 0 bridgehead atoms. The minimum absolute atomic E-state index is 0.139. The predicted molar refractivity (Wildman–Crippen MR) is 94.8 cm³/mol. The SMILES string of the molecule is Cc1ccccc1Cn1ccc(NS(=O)(=O)c2ccc(Cl)cc2)n1. The minimum atomic E-state index is -3.68. The summed E-state index contributed by atoms with van der Waals surface area (Å²) < 4.78 is 28.8. The zero-order chi connectivity index (χ0) is 17.2. The average Bonchev–Trinajstić information content (AvgIpc) is 2.96. The number of nitrogens with one attached hydrogen (secondary N) is 1. The minimum Gasteiger partial charge on any atom is -0.266 e. The first-order chi connectivity index (χ1) is 11.4. The highest BCUT2D eigenvalue weighted by molar-refractivity contribution is 7.92. The molecule has 1 aromatic heterocycles. The molecule has 3 rings (SSSR count). The van der Waals surface area contributed by atoms with Crippen molar-refractivity contribution in [2.45, 2.75) is 18.4 Å². The third-order valence-electron chi connectivity index (χ3n) is 3.60. The smallest absolute Gasteiger partial charge is 0.263 e. The van der Waals surface area contributed by atoms with Gasteiger partial charge in [-0.25, -0.2) is 8.42 Å². The van der Waals surface area contributed by atoms with Crippen LogP contribution in [0.25, 0.3) is 0 Å². The molecule has 24 heavy (non-hydrogen) atoms. The van der Waals surface area contributed by atoms with Crippen LogP contribution >= 0.6 is 11.6 Å². The first-order valence-electron chi connectivity index (χ1n) is 7.30. The van der Waals surface area contributed by atoms with Crippen molar-refractivity contribution < 1.29 is 8.42 Å². The quantitative estimate of drug-likeness (QED) is 0.753. The van der Waals surface area contributed by atoms with Gasteiger partial charge in [0.1, 0.15) is 0 Å². The zero-order valence-corrected chi connectivity index (χ0v) is 14.6. The fourth-order valence-electron chi connectivity index (χ4n) is 2.28. The zero-order valence-electron chi connectivity index (χ0n) is 13.0. The van der Waals surface area contributed by atoms with Crippen molar-refractivity contribution in [2.75, 3.05) is 4.72 Å². The molecule has 124 valence electrons. The number of benzene rings is 2. The van der Waals surface area contributed by atoms with Gasteiger partial charge < -0.3 is 0 Å². The summed E-state index contributed by atoms with van der Waals surface area (Å²) in [7, 11) is -3.68. The highest BCUT2D eigenvalue weighted by Crippen LogP contribution is 2.17. The Kier molecular flexibility index (Phi) is 4.59. The number of sulfonamides is 1. The maximum Gasteiger partial charge on any atom is 0.263 e. The average molecular weight is 362 g/mol. The Bertz CT molecular complexity index is 950. The number of hydrogen-bond acceptors (Lipinski definition) is 3. The summed E-state index contributed by atoms with van der Waals surface area (Å²) >= 11 is 5.78. The van der Waals surface area contributed by atoms with Gasteiger partial charge in [-0.1, -0.05) is 35.9 Å². The van der Waals surface area contributed by atoms with Gasteiger partial charge in [0.25, 0.3) is 10.0 Å². The Morgan fingerprint density at radius 1 is 1.08 bits per heavy atom. The first-order valence-corrected chi connectivity index (χ1v) is 9.16. The maximum atomic E-state index is 12.3. The Labute approximate surface area is 145 Å². The molecule has 0 saturated heterocycles. The van der Waals surface area contributed by atoms with Gasteiger partial charge in [-0.05, 0) is 42.3 Å². The second-order valence-electron chi connectivity index (χ2n) is 5.38. The highest BCUT2D eigenvalue weighted by Gasteiger charge is 2.15. The van der Waals surface area contributed by atoms with Gasteiger partial charge in [-0.2, -0.15) is 5.10 Å². The second kappa shape index (κ2) is 6.67. The lowest BCUT2D eigenvalue weighted by molar-refractivity contribution is 0.600. The van der Waals surface area contributed by atoms with E-state index in [2.05, 4.69) is 9.82 Å². The Morgan fingerprint density at radius 2 is 1.79 bits per heavy atom. The van der Waals surface area contributed by atoms with E-state index in [1.165, 1.54) is 24.3 Å². The number of nitrogens with zero attached hydrogens (tertiary/aromatic N) is 2. The number of aryl methyl sites for hydroxylation is 1. The van der Waals surface area contributed by atoms with E-state index in [0.29, 0.717) is 11.6 Å². The summed E-state index contributed by atoms with van der Waals surface area (Å²) in [5.74, 6) is 0.276. The van der Waals surface area contributed by atoms with Crippen LogP contribution in [0.5, 0.6) is 0 Å². The Hall–Kier alpha value is -2.31. The van der Waals surface area contributed by atoms with E-state index in [-0.39, 0.29) is 10.7 Å². The van der Waals surface area contributed by atoms with Crippen LogP contribution in [0.1, 0.15) is 11.1 Å². The van der Waals surface area contributed by atoms with Crippen molar-refractivity contribution >= 4 is 27.4 Å². The fourth-order valence-corrected chi connectivity index (χ4v) is 3.40. The molecule has 0 aliphatic heterocycles. The molecule has 5 nitrogen and oxygen atoms in total. The van der Waals surface area contributed by atoms with Crippen LogP contribution in [0.4, 0.5) is 5.82 Å². The van der Waals surface area contributed by atoms with Crippen LogP contribution in [0.2, 0.25) is 5.02 Å². The van der Waals surface area contributed by atoms with Crippen molar-refractivity contribution in [3.05, 3.63) is 76.9 Å². The summed E-state index contributed by atoms with van der Waals surface area (Å²) in [4.78, 5) is 0.139. The number of rotatable bonds is 5. The van der Waals surface area contributed by atoms with E-state index in [1.807, 2.05) is 31.2 Å². The van der Waals surface area contributed by atoms with E-state index in [0.717, 1.165) is 11.1 Å². The first kappa shape index (κ1) is 16.5. The monoisotopic (exact) mass is 361 g/mol. The van der Waals surface area contributed by atoms with Gasteiger partial charge in [0.15, 0.2) is 5.82 Å². The van der Waals surface area contributed by atoms with Crippen molar-refractivity contribution in [3.63, 3.8) is 0 Å². The van der Waals surface area contributed by atoms with Gasteiger partial charge in [0.2, 0.25) is 0 Å². The van der Waals surface area contributed by atoms with Crippen LogP contribution in [0.3, 0.4) is 0 Å². The molecule has 0 aliphatic rings. The summed E-state index contributed by atoms with van der Waals surface area (Å²) in [5, 5.41) is 4.76. The number of aromatic nitrogens is 2. The lowest BCUT2D eigenvalue weighted by Gasteiger charge is -2.07. The molecule has 1 heterocycles. The molecule has 3 aromatic rings. The van der Waals surface area contributed by atoms with Crippen molar-refractivity contribution in [3.8, 4) is 0 Å². The van der Waals surface area contributed by atoms with E-state index >= 15 is 0 Å². The Morgan fingerprint density at radius 3 is 2.50 bits per heavy atom. The molecule has 0 fully saturated rings. The van der Waals surface area contributed by atoms with E-state index in [1.54, 1.807) is 16.9 Å². The van der Waals surface area contributed by atoms with Gasteiger partial charge in [0, 0.05) is 17.3 Å². The molecule has 0 saturated carbocycles. The molecule has 0 spiro atoms. The van der Waals surface area contributed by atoms with E-state index < -0.39 is 10.0 Å². The Balaban J connectivity index is 1.76. The van der Waals surface area contributed by atoms with Crippen molar-refractivity contribution in [2.24, 2.45) is 0 Å². The van der Waals surface area contributed by atoms with Crippen LogP contribution in [0.15, 0.2) is 65.7 Å². The molecular formula is C17H16ClN3O2S. The number of halogens is 1. The number of anilines is 1. The molecule has 0 unspecified atom stereocenters. The molecule has 0 radical (unpaired) electrons. The van der Waals surface area contributed by atoms with E-state index in [4.69, 9.17) is 11.6 Å². The molecule has 0 aliphatic carbocycles. The molecule has 0 atom stereocenters. The predicted octanol–water partition coefficient (Wildman–Crippen LogP) is 3.69. The third-order valence-corrected chi connectivity index (χ3v) is 5.22. The summed E-state index contributed by atoms with van der Waals surface area (Å²) in [6.45, 7) is 2.61. The summed E-state index contributed by atoms with van der Waals surface area (Å²) in [6.07, 6.45) is 1.74. The molecule has 0 amide bonds. The standard InChI is InChI=1S/C17H16ClN3O2S/c1-13-4-2-3-5-14(13)12-21-11-10-17(19-21)20-24(22,23)16-8-6-15(18)7-9-16/h2-11H,12H2,1H3,(H,19,20). The fraction of sp³-hybridized carbons (Fsp3) is 0.118. The summed E-state index contributed by atoms with van der Waals surface area (Å²) in [6, 6.07) is 15.6. The largest absolute Gasteiger partial charge is 0.266 e. The normalized spacial score (nSPS) is 11.4. The third kappa shape index (κ3) is 3.77. The van der Waals surface area contributed by atoms with E-state index in [9.17, 15) is 8.42 Å². The van der Waals surface area contributed by atoms with Crippen LogP contribution < -0.4 is 4.72 Å². The van der Waals surface area contributed by atoms with Crippen LogP contribution in [-0.4, -0.2) is 18.2 Å². The summed E-state index contributed by atoms with van der Waals surface area (Å²) in [5.41, 5.74) is 2.30. The van der Waals surface area contributed by atoms with Crippen LogP contribution in [-0.2, 0) is 16.6 Å². The van der Waals surface area contributed by atoms with Gasteiger partial charge in [0.05, 0.1) is 11.4 Å². The molecule has 1 N–H and O–H groups in total. The number of hydrogen-bond donors (Lipinski definition) is 1. The van der Waals surface area contributed by atoms with Gasteiger partial charge in [-0.15, -0.1) is 0 Å². The lowest BCUT2D eigenvalue weighted by Crippen LogP contribution is -2.13.